The van der Waals surface area contributed by atoms with Crippen LogP contribution in [-0.4, -0.2) is 94.7 Å². The van der Waals surface area contributed by atoms with Crippen molar-refractivity contribution in [3.05, 3.63) is 48.0 Å². The summed E-state index contributed by atoms with van der Waals surface area (Å²) in [5.41, 5.74) is 6.36. The first-order chi connectivity index (χ1) is 22.1. The van der Waals surface area contributed by atoms with Gasteiger partial charge in [-0.1, -0.05) is 26.0 Å². The van der Waals surface area contributed by atoms with Gasteiger partial charge in [0.2, 0.25) is 16.8 Å². The van der Waals surface area contributed by atoms with Gasteiger partial charge in [0.15, 0.2) is 17.8 Å². The van der Waals surface area contributed by atoms with Gasteiger partial charge in [0.05, 0.1) is 42.8 Å². The molecular weight excluding hydrogens is 618 g/mol. The number of rotatable bonds is 16. The summed E-state index contributed by atoms with van der Waals surface area (Å²) in [6.07, 6.45) is -0.231. The number of carbonyl (C=O) groups is 1. The van der Waals surface area contributed by atoms with E-state index in [-0.39, 0.29) is 55.9 Å². The molecule has 3 aliphatic heterocycles. The normalized spacial score (nSPS) is 21.7. The van der Waals surface area contributed by atoms with E-state index in [2.05, 4.69) is 5.32 Å². The molecule has 2 saturated heterocycles. The van der Waals surface area contributed by atoms with Gasteiger partial charge in [-0.25, -0.2) is 13.2 Å². The second-order valence-electron chi connectivity index (χ2n) is 12.2. The van der Waals surface area contributed by atoms with E-state index in [1.54, 1.807) is 6.07 Å². The van der Waals surface area contributed by atoms with E-state index >= 15 is 0 Å². The van der Waals surface area contributed by atoms with Crippen LogP contribution in [0.2, 0.25) is 0 Å². The summed E-state index contributed by atoms with van der Waals surface area (Å²) in [6, 6.07) is 10.9. The number of amides is 1. The number of sulfonamides is 1. The number of unbranched alkanes of at least 4 members (excludes halogenated alkanes) is 1. The number of fused-ring (bicyclic) bond motifs is 2. The number of benzene rings is 2. The number of carbonyl (C=O) groups excluding carboxylic acids is 1. The number of aliphatic hydroxyl groups is 1. The zero-order valence-electron chi connectivity index (χ0n) is 26.3. The van der Waals surface area contributed by atoms with Crippen molar-refractivity contribution < 1.29 is 46.7 Å². The number of hydrogen-bond acceptors (Lipinski definition) is 11. The van der Waals surface area contributed by atoms with E-state index in [1.165, 1.54) is 16.4 Å². The Bertz CT molecular complexity index is 1410. The second-order valence-corrected chi connectivity index (χ2v) is 14.1. The monoisotopic (exact) mass is 663 g/mol. The molecule has 0 aromatic heterocycles. The van der Waals surface area contributed by atoms with Gasteiger partial charge >= 0.3 is 6.09 Å². The smallest absolute Gasteiger partial charge is 0.407 e. The van der Waals surface area contributed by atoms with Gasteiger partial charge in [0, 0.05) is 19.2 Å². The van der Waals surface area contributed by atoms with Crippen molar-refractivity contribution in [1.82, 2.24) is 9.62 Å². The van der Waals surface area contributed by atoms with Crippen molar-refractivity contribution in [2.45, 2.75) is 69.0 Å². The number of nitrogens with one attached hydrogen (secondary N) is 1. The van der Waals surface area contributed by atoms with E-state index in [1.807, 2.05) is 38.1 Å². The first-order valence-corrected chi connectivity index (χ1v) is 17.3. The number of hydrogen-bond donors (Lipinski definition) is 3. The average molecular weight is 664 g/mol. The molecule has 254 valence electrons. The Morgan fingerprint density at radius 3 is 2.63 bits per heavy atom. The topological polar surface area (TPSA) is 168 Å². The molecule has 0 spiro atoms. The lowest BCUT2D eigenvalue weighted by Crippen LogP contribution is -2.51. The number of ether oxygens (including phenoxy) is 6. The van der Waals surface area contributed by atoms with Crippen LogP contribution in [0.15, 0.2) is 47.4 Å². The number of aliphatic hydroxyl groups excluding tert-OH is 1. The summed E-state index contributed by atoms with van der Waals surface area (Å²) in [6.45, 7) is 5.59. The molecule has 2 fully saturated rings. The summed E-state index contributed by atoms with van der Waals surface area (Å²) in [4.78, 5) is 13.2. The van der Waals surface area contributed by atoms with Crippen molar-refractivity contribution in [2.24, 2.45) is 17.6 Å². The number of nitrogens with zero attached hydrogens (tertiary/aromatic N) is 1. The minimum absolute atomic E-state index is 0.0134. The molecule has 3 aliphatic rings. The van der Waals surface area contributed by atoms with Gasteiger partial charge in [0.25, 0.3) is 0 Å². The quantitative estimate of drug-likeness (QED) is 0.226. The molecule has 2 aromatic rings. The van der Waals surface area contributed by atoms with Crippen LogP contribution in [0.4, 0.5) is 4.79 Å². The Labute approximate surface area is 270 Å². The molecule has 4 N–H and O–H groups in total. The highest BCUT2D eigenvalue weighted by molar-refractivity contribution is 7.89. The Hall–Kier alpha value is -3.14. The molecule has 0 bridgehead atoms. The van der Waals surface area contributed by atoms with Crippen LogP contribution in [0, 0.1) is 11.8 Å². The minimum atomic E-state index is -4.06. The second kappa shape index (κ2) is 15.6. The first kappa shape index (κ1) is 34.2. The van der Waals surface area contributed by atoms with Crippen molar-refractivity contribution >= 4 is 16.1 Å². The maximum Gasteiger partial charge on any atom is 0.407 e. The summed E-state index contributed by atoms with van der Waals surface area (Å²) < 4.78 is 62.3. The fourth-order valence-corrected chi connectivity index (χ4v) is 7.40. The largest absolute Gasteiger partial charge is 0.494 e. The predicted molar refractivity (Wildman–Crippen MR) is 167 cm³/mol. The maximum atomic E-state index is 13.9. The molecule has 13 nitrogen and oxygen atoms in total. The zero-order chi connectivity index (χ0) is 32.7. The molecule has 14 heteroatoms. The zero-order valence-corrected chi connectivity index (χ0v) is 27.2. The van der Waals surface area contributed by atoms with Crippen molar-refractivity contribution in [3.63, 3.8) is 0 Å². The van der Waals surface area contributed by atoms with Gasteiger partial charge in [0.1, 0.15) is 11.9 Å². The van der Waals surface area contributed by atoms with Crippen LogP contribution < -0.4 is 25.3 Å². The lowest BCUT2D eigenvalue weighted by atomic mass is 10.0. The van der Waals surface area contributed by atoms with Crippen LogP contribution in [0.25, 0.3) is 0 Å². The van der Waals surface area contributed by atoms with Crippen molar-refractivity contribution in [3.8, 4) is 17.2 Å². The number of alkyl carbamates (subject to hydrolysis) is 1. The van der Waals surface area contributed by atoms with Gasteiger partial charge < -0.3 is 44.6 Å². The maximum absolute atomic E-state index is 13.9. The predicted octanol–water partition coefficient (Wildman–Crippen LogP) is 2.64. The first-order valence-electron chi connectivity index (χ1n) is 15.8. The fourth-order valence-electron chi connectivity index (χ4n) is 5.77. The standard InChI is InChI=1S/C32H45N3O10S/c1-21(2)17-35(46(38,39)24-9-10-28-29(16-24)44-20-43-28)18-27(36)26(15-22-5-7-23(8-6-22)40-13-4-3-12-33)34-32(37)45-30-19-42-31-25(30)11-14-41-31/h5-10,16,21,25-27,30-31,36H,3-4,11-15,17-20,33H2,1-2H3,(H,34,37)/t25-,26-,27+,30-,31+/m0/s1. The van der Waals surface area contributed by atoms with Gasteiger partial charge in [-0.15, -0.1) is 0 Å². The van der Waals surface area contributed by atoms with E-state index in [4.69, 9.17) is 34.2 Å². The van der Waals surface area contributed by atoms with Crippen molar-refractivity contribution in [1.29, 1.82) is 0 Å². The Morgan fingerprint density at radius 1 is 1.09 bits per heavy atom. The van der Waals surface area contributed by atoms with Crippen LogP contribution in [0.3, 0.4) is 0 Å². The van der Waals surface area contributed by atoms with E-state index in [0.29, 0.717) is 37.0 Å². The van der Waals surface area contributed by atoms with Crippen LogP contribution in [0.1, 0.15) is 38.7 Å². The summed E-state index contributed by atoms with van der Waals surface area (Å²) in [5.74, 6) is 1.39. The molecule has 0 aliphatic carbocycles. The van der Waals surface area contributed by atoms with E-state index in [9.17, 15) is 18.3 Å². The van der Waals surface area contributed by atoms with Crippen LogP contribution in [-0.2, 0) is 30.7 Å². The summed E-state index contributed by atoms with van der Waals surface area (Å²) in [5, 5.41) is 14.4. The third-order valence-electron chi connectivity index (χ3n) is 8.20. The molecule has 5 rings (SSSR count). The summed E-state index contributed by atoms with van der Waals surface area (Å²) >= 11 is 0. The molecule has 0 radical (unpaired) electrons. The van der Waals surface area contributed by atoms with E-state index < -0.39 is 34.4 Å². The molecule has 0 unspecified atom stereocenters. The fraction of sp³-hybridized carbons (Fsp3) is 0.594. The minimum Gasteiger partial charge on any atom is -0.494 e. The molecule has 2 aromatic carbocycles. The molecular formula is C32H45N3O10S. The molecule has 3 heterocycles. The highest BCUT2D eigenvalue weighted by Gasteiger charge is 2.44. The Balaban J connectivity index is 1.32. The average Bonchev–Trinajstić information content (AvgIpc) is 3.78. The highest BCUT2D eigenvalue weighted by atomic mass is 32.2. The molecule has 46 heavy (non-hydrogen) atoms. The third-order valence-corrected chi connectivity index (χ3v) is 10.0. The number of nitrogens with two attached hydrogens (primary N) is 1. The van der Waals surface area contributed by atoms with Gasteiger partial charge in [-0.05, 0) is 68.0 Å². The Kier molecular flexibility index (Phi) is 11.6. The van der Waals surface area contributed by atoms with Gasteiger partial charge in [-0.3, -0.25) is 0 Å². The summed E-state index contributed by atoms with van der Waals surface area (Å²) in [7, 11) is -4.06. The van der Waals surface area contributed by atoms with Crippen LogP contribution >= 0.6 is 0 Å². The highest BCUT2D eigenvalue weighted by Crippen LogP contribution is 2.35. The lowest BCUT2D eigenvalue weighted by molar-refractivity contribution is -0.0907. The SMILES string of the molecule is CC(C)CN(C[C@@H](O)[C@H](Cc1ccc(OCCCCN)cc1)NC(=O)O[C@H]1CO[C@H]2OCC[C@H]21)S(=O)(=O)c1ccc2c(c1)OCO2. The van der Waals surface area contributed by atoms with Crippen molar-refractivity contribution in [2.75, 3.05) is 46.2 Å². The molecule has 1 amide bonds. The molecule has 5 atom stereocenters. The van der Waals surface area contributed by atoms with E-state index in [0.717, 1.165) is 24.8 Å². The van der Waals surface area contributed by atoms with Gasteiger partial charge in [-0.2, -0.15) is 4.31 Å². The molecule has 0 saturated carbocycles. The third kappa shape index (κ3) is 8.60. The van der Waals surface area contributed by atoms with Crippen LogP contribution in [0.5, 0.6) is 17.2 Å². The lowest BCUT2D eigenvalue weighted by Gasteiger charge is -2.31. The Morgan fingerprint density at radius 2 is 1.87 bits per heavy atom.